The van der Waals surface area contributed by atoms with Crippen LogP contribution in [-0.2, 0) is 0 Å². The Morgan fingerprint density at radius 3 is 2.43 bits per heavy atom. The lowest BCUT2D eigenvalue weighted by Crippen LogP contribution is -2.04. The van der Waals surface area contributed by atoms with E-state index in [9.17, 15) is 0 Å². The van der Waals surface area contributed by atoms with Crippen LogP contribution in [0, 0.1) is 5.41 Å². The lowest BCUT2D eigenvalue weighted by Gasteiger charge is -2.16. The first-order chi connectivity index (χ1) is 10.1. The smallest absolute Gasteiger partial charge is 0.0433 e. The summed E-state index contributed by atoms with van der Waals surface area (Å²) in [5.41, 5.74) is 4.36. The fraction of sp³-hybridized carbons (Fsp3) is 0.200. The van der Waals surface area contributed by atoms with Crippen molar-refractivity contribution >= 4 is 37.1 Å². The number of hydrogen-bond acceptors (Lipinski definition) is 1. The first-order valence-electron chi connectivity index (χ1n) is 7.38. The number of hydrogen-bond donors (Lipinski definition) is 0. The number of fused-ring (bicyclic) bond motifs is 3. The van der Waals surface area contributed by atoms with Gasteiger partial charge in [-0.25, -0.2) is 0 Å². The van der Waals surface area contributed by atoms with Gasteiger partial charge in [0.15, 0.2) is 0 Å². The summed E-state index contributed by atoms with van der Waals surface area (Å²) in [6.45, 7) is 6.81. The van der Waals surface area contributed by atoms with Crippen molar-refractivity contribution in [1.82, 2.24) is 0 Å². The van der Waals surface area contributed by atoms with Crippen molar-refractivity contribution in [1.29, 1.82) is 0 Å². The van der Waals surface area contributed by atoms with Crippen LogP contribution >= 0.6 is 11.3 Å². The van der Waals surface area contributed by atoms with Gasteiger partial charge in [-0.3, -0.25) is 0 Å². The maximum Gasteiger partial charge on any atom is 0.0433 e. The molecule has 1 aliphatic carbocycles. The number of rotatable bonds is 1. The van der Waals surface area contributed by atoms with Crippen molar-refractivity contribution < 1.29 is 0 Å². The van der Waals surface area contributed by atoms with Gasteiger partial charge in [0.05, 0.1) is 0 Å². The van der Waals surface area contributed by atoms with Gasteiger partial charge in [-0.05, 0) is 24.1 Å². The van der Waals surface area contributed by atoms with E-state index in [4.69, 9.17) is 0 Å². The largest absolute Gasteiger partial charge is 0.135 e. The highest BCUT2D eigenvalue weighted by Crippen LogP contribution is 2.43. The van der Waals surface area contributed by atoms with Gasteiger partial charge in [0.1, 0.15) is 0 Å². The molecule has 0 fully saturated rings. The molecule has 0 unspecified atom stereocenters. The lowest BCUT2D eigenvalue weighted by molar-refractivity contribution is 0.591. The summed E-state index contributed by atoms with van der Waals surface area (Å²) in [5, 5.41) is 2.75. The second-order valence-corrected chi connectivity index (χ2v) is 7.48. The zero-order chi connectivity index (χ0) is 14.6. The predicted octanol–water partition coefficient (Wildman–Crippen LogP) is 6.42. The van der Waals surface area contributed by atoms with Gasteiger partial charge in [-0.15, -0.1) is 11.3 Å². The van der Waals surface area contributed by atoms with Crippen LogP contribution in [0.2, 0.25) is 0 Å². The summed E-state index contributed by atoms with van der Waals surface area (Å²) in [4.78, 5) is 0. The molecule has 0 spiro atoms. The Morgan fingerprint density at radius 1 is 0.905 bits per heavy atom. The normalized spacial score (nSPS) is 17.3. The summed E-state index contributed by atoms with van der Waals surface area (Å²) < 4.78 is 2.78. The molecule has 1 heterocycles. The maximum atomic E-state index is 2.40. The third-order valence-corrected chi connectivity index (χ3v) is 5.84. The summed E-state index contributed by atoms with van der Waals surface area (Å²) >= 11 is 1.91. The van der Waals surface area contributed by atoms with Gasteiger partial charge in [0, 0.05) is 25.6 Å². The molecule has 0 radical (unpaired) electrons. The molecule has 1 aliphatic rings. The number of allylic oxidation sites excluding steroid dienone is 4. The fourth-order valence-corrected chi connectivity index (χ4v) is 4.33. The molecule has 0 bridgehead atoms. The highest BCUT2D eigenvalue weighted by Gasteiger charge is 2.24. The molecule has 2 aromatic carbocycles. The molecule has 1 aromatic heterocycles. The Bertz CT molecular complexity index is 919. The minimum absolute atomic E-state index is 0.175. The monoisotopic (exact) mass is 290 g/mol. The van der Waals surface area contributed by atoms with Crippen molar-refractivity contribution in [3.63, 3.8) is 0 Å². The van der Waals surface area contributed by atoms with E-state index in [2.05, 4.69) is 75.4 Å². The fourth-order valence-electron chi connectivity index (χ4n) is 3.09. The van der Waals surface area contributed by atoms with Crippen LogP contribution in [0.25, 0.3) is 25.7 Å². The predicted molar refractivity (Wildman–Crippen MR) is 94.8 cm³/mol. The Balaban J connectivity index is 2.03. The molecule has 0 amide bonds. The molecule has 3 aromatic rings. The average molecular weight is 290 g/mol. The first-order valence-corrected chi connectivity index (χ1v) is 8.20. The van der Waals surface area contributed by atoms with E-state index in [1.165, 1.54) is 36.9 Å². The van der Waals surface area contributed by atoms with E-state index in [0.717, 1.165) is 0 Å². The summed E-state index contributed by atoms with van der Waals surface area (Å²) in [7, 11) is 0. The van der Waals surface area contributed by atoms with Crippen LogP contribution in [0.4, 0.5) is 0 Å². The third-order valence-electron chi connectivity index (χ3n) is 4.62. The third kappa shape index (κ3) is 1.88. The molecule has 21 heavy (non-hydrogen) atoms. The van der Waals surface area contributed by atoms with E-state index < -0.39 is 0 Å². The SMILES string of the molecule is CC1=CC(c2cccc3c2sc2ccccc23)=CC1(C)C. The molecule has 0 saturated heterocycles. The molecule has 0 atom stereocenters. The second kappa shape index (κ2) is 4.32. The molecule has 0 aliphatic heterocycles. The summed E-state index contributed by atoms with van der Waals surface area (Å²) in [6, 6.07) is 15.4. The van der Waals surface area contributed by atoms with Crippen LogP contribution in [0.3, 0.4) is 0 Å². The Kier molecular flexibility index (Phi) is 2.64. The molecule has 0 N–H and O–H groups in total. The van der Waals surface area contributed by atoms with Crippen LogP contribution in [-0.4, -0.2) is 0 Å². The number of benzene rings is 2. The van der Waals surface area contributed by atoms with Gasteiger partial charge in [0.2, 0.25) is 0 Å². The Labute approximate surface area is 129 Å². The Morgan fingerprint density at radius 2 is 1.67 bits per heavy atom. The standard InChI is InChI=1S/C20H18S/c1-13-11-14(12-20(13,2)3)15-8-6-9-17-16-7-4-5-10-18(16)21-19(15)17/h4-12H,1-3H3. The van der Waals surface area contributed by atoms with Crippen molar-refractivity contribution in [3.05, 3.63) is 65.8 Å². The second-order valence-electron chi connectivity index (χ2n) is 6.43. The molecule has 0 saturated carbocycles. The lowest BCUT2D eigenvalue weighted by atomic mass is 9.88. The van der Waals surface area contributed by atoms with E-state index >= 15 is 0 Å². The number of thiophene rings is 1. The van der Waals surface area contributed by atoms with E-state index in [1.54, 1.807) is 0 Å². The van der Waals surface area contributed by atoms with Crippen LogP contribution in [0.5, 0.6) is 0 Å². The van der Waals surface area contributed by atoms with Crippen LogP contribution in [0.1, 0.15) is 26.3 Å². The highest BCUT2D eigenvalue weighted by molar-refractivity contribution is 7.26. The molecule has 0 nitrogen and oxygen atoms in total. The minimum Gasteiger partial charge on any atom is -0.135 e. The van der Waals surface area contributed by atoms with E-state index in [-0.39, 0.29) is 5.41 Å². The topological polar surface area (TPSA) is 0 Å². The maximum absolute atomic E-state index is 2.40. The minimum atomic E-state index is 0.175. The molecule has 104 valence electrons. The molecule has 1 heteroatoms. The van der Waals surface area contributed by atoms with Gasteiger partial charge in [0.25, 0.3) is 0 Å². The highest BCUT2D eigenvalue weighted by atomic mass is 32.1. The first kappa shape index (κ1) is 12.8. The van der Waals surface area contributed by atoms with Crippen LogP contribution in [0.15, 0.2) is 60.2 Å². The van der Waals surface area contributed by atoms with Crippen molar-refractivity contribution in [2.75, 3.05) is 0 Å². The van der Waals surface area contributed by atoms with Gasteiger partial charge in [-0.2, -0.15) is 0 Å². The quantitative estimate of drug-likeness (QED) is 0.485. The van der Waals surface area contributed by atoms with E-state index in [1.807, 2.05) is 11.3 Å². The zero-order valence-electron chi connectivity index (χ0n) is 12.6. The summed E-state index contributed by atoms with van der Waals surface area (Å²) in [5.74, 6) is 0. The summed E-state index contributed by atoms with van der Waals surface area (Å²) in [6.07, 6.45) is 4.75. The van der Waals surface area contributed by atoms with Gasteiger partial charge in [-0.1, -0.05) is 68.0 Å². The average Bonchev–Trinajstić information content (AvgIpc) is 2.96. The van der Waals surface area contributed by atoms with Gasteiger partial charge >= 0.3 is 0 Å². The molecular weight excluding hydrogens is 272 g/mol. The van der Waals surface area contributed by atoms with Gasteiger partial charge < -0.3 is 0 Å². The Hall–Kier alpha value is -1.86. The van der Waals surface area contributed by atoms with Crippen molar-refractivity contribution in [2.45, 2.75) is 20.8 Å². The molecular formula is C20H18S. The van der Waals surface area contributed by atoms with Crippen molar-refractivity contribution in [2.24, 2.45) is 5.41 Å². The van der Waals surface area contributed by atoms with Crippen molar-refractivity contribution in [3.8, 4) is 0 Å². The molecule has 4 rings (SSSR count). The van der Waals surface area contributed by atoms with Crippen LogP contribution < -0.4 is 0 Å². The zero-order valence-corrected chi connectivity index (χ0v) is 13.4. The van der Waals surface area contributed by atoms with E-state index in [0.29, 0.717) is 0 Å².